The summed E-state index contributed by atoms with van der Waals surface area (Å²) in [5.41, 5.74) is 3.02. The summed E-state index contributed by atoms with van der Waals surface area (Å²) < 4.78 is 0. The van der Waals surface area contributed by atoms with E-state index in [0.717, 1.165) is 0 Å². The van der Waals surface area contributed by atoms with Crippen molar-refractivity contribution in [3.8, 4) is 0 Å². The molecule has 1 aromatic carbocycles. The van der Waals surface area contributed by atoms with E-state index in [0.29, 0.717) is 5.56 Å². The average molecular weight is 259 g/mol. The molecule has 0 bridgehead atoms. The van der Waals surface area contributed by atoms with Gasteiger partial charge in [0.2, 0.25) is 0 Å². The van der Waals surface area contributed by atoms with Gasteiger partial charge in [0.1, 0.15) is 5.69 Å². The minimum absolute atomic E-state index is 0.0381. The highest BCUT2D eigenvalue weighted by Crippen LogP contribution is 2.11. The Morgan fingerprint density at radius 3 is 3.00 bits per heavy atom. The number of H-pyrrole nitrogens is 1. The van der Waals surface area contributed by atoms with E-state index in [1.807, 2.05) is 0 Å². The van der Waals surface area contributed by atoms with Crippen molar-refractivity contribution in [3.63, 3.8) is 0 Å². The number of hydrazone groups is 1. The number of non-ortho nitro benzene ring substituents is 1. The number of aromatic amines is 1. The van der Waals surface area contributed by atoms with Gasteiger partial charge in [-0.1, -0.05) is 12.1 Å². The van der Waals surface area contributed by atoms with Crippen LogP contribution in [0.5, 0.6) is 0 Å². The van der Waals surface area contributed by atoms with Gasteiger partial charge in [-0.25, -0.2) is 5.43 Å². The third-order valence-electron chi connectivity index (χ3n) is 2.21. The summed E-state index contributed by atoms with van der Waals surface area (Å²) in [7, 11) is 0. The van der Waals surface area contributed by atoms with Gasteiger partial charge < -0.3 is 0 Å². The maximum Gasteiger partial charge on any atom is 0.289 e. The summed E-state index contributed by atoms with van der Waals surface area (Å²) in [6.45, 7) is 0. The molecule has 96 valence electrons. The molecule has 0 aliphatic carbocycles. The summed E-state index contributed by atoms with van der Waals surface area (Å²) in [6.07, 6.45) is 2.76. The normalized spacial score (nSPS) is 10.5. The quantitative estimate of drug-likeness (QED) is 0.485. The van der Waals surface area contributed by atoms with Crippen molar-refractivity contribution in [1.29, 1.82) is 0 Å². The molecule has 1 amide bonds. The molecule has 0 spiro atoms. The van der Waals surface area contributed by atoms with Gasteiger partial charge in [-0.3, -0.25) is 20.0 Å². The number of nitro groups is 1. The molecule has 0 aliphatic rings. The highest BCUT2D eigenvalue weighted by atomic mass is 16.6. The van der Waals surface area contributed by atoms with Gasteiger partial charge in [-0.05, 0) is 6.07 Å². The predicted octanol–water partition coefficient (Wildman–Crippen LogP) is 1.08. The van der Waals surface area contributed by atoms with E-state index in [1.165, 1.54) is 36.7 Å². The molecule has 0 saturated carbocycles. The summed E-state index contributed by atoms with van der Waals surface area (Å²) in [5, 5.41) is 20.4. The van der Waals surface area contributed by atoms with Crippen molar-refractivity contribution < 1.29 is 9.72 Å². The summed E-state index contributed by atoms with van der Waals surface area (Å²) in [5.74, 6) is -0.445. The number of aromatic nitrogens is 2. The largest absolute Gasteiger partial charge is 0.289 e. The smallest absolute Gasteiger partial charge is 0.273 e. The summed E-state index contributed by atoms with van der Waals surface area (Å²) in [4.78, 5) is 21.5. The lowest BCUT2D eigenvalue weighted by Gasteiger charge is -1.96. The van der Waals surface area contributed by atoms with E-state index in [4.69, 9.17) is 0 Å². The molecule has 8 nitrogen and oxygen atoms in total. The molecular weight excluding hydrogens is 250 g/mol. The Morgan fingerprint density at radius 2 is 2.32 bits per heavy atom. The fraction of sp³-hybridized carbons (Fsp3) is 0. The first-order valence-corrected chi connectivity index (χ1v) is 5.24. The van der Waals surface area contributed by atoms with Crippen LogP contribution in [-0.4, -0.2) is 27.2 Å². The summed E-state index contributed by atoms with van der Waals surface area (Å²) >= 11 is 0. The zero-order valence-corrected chi connectivity index (χ0v) is 9.61. The molecule has 19 heavy (non-hydrogen) atoms. The molecule has 0 fully saturated rings. The first kappa shape index (κ1) is 12.4. The van der Waals surface area contributed by atoms with Crippen molar-refractivity contribution in [2.45, 2.75) is 0 Å². The number of amides is 1. The number of carbonyl (C=O) groups excluding carboxylic acids is 1. The molecule has 0 atom stereocenters. The maximum absolute atomic E-state index is 11.5. The first-order chi connectivity index (χ1) is 9.16. The first-order valence-electron chi connectivity index (χ1n) is 5.24. The van der Waals surface area contributed by atoms with Crippen LogP contribution >= 0.6 is 0 Å². The second-order valence-corrected chi connectivity index (χ2v) is 3.52. The lowest BCUT2D eigenvalue weighted by Crippen LogP contribution is -2.17. The van der Waals surface area contributed by atoms with E-state index in [-0.39, 0.29) is 11.4 Å². The number of hydrogen-bond donors (Lipinski definition) is 2. The van der Waals surface area contributed by atoms with E-state index in [9.17, 15) is 14.9 Å². The molecule has 0 radical (unpaired) electrons. The Kier molecular flexibility index (Phi) is 3.62. The highest BCUT2D eigenvalue weighted by Gasteiger charge is 2.05. The molecule has 8 heteroatoms. The van der Waals surface area contributed by atoms with Gasteiger partial charge >= 0.3 is 0 Å². The number of nitrogens with one attached hydrogen (secondary N) is 2. The van der Waals surface area contributed by atoms with Crippen molar-refractivity contribution in [3.05, 3.63) is 57.9 Å². The van der Waals surface area contributed by atoms with Gasteiger partial charge in [0.15, 0.2) is 0 Å². The molecular formula is C11H9N5O3. The third kappa shape index (κ3) is 3.22. The van der Waals surface area contributed by atoms with Crippen LogP contribution in [0.15, 0.2) is 41.6 Å². The van der Waals surface area contributed by atoms with Crippen LogP contribution in [0.25, 0.3) is 0 Å². The number of hydrogen-bond acceptors (Lipinski definition) is 5. The van der Waals surface area contributed by atoms with Crippen LogP contribution in [0.4, 0.5) is 5.69 Å². The zero-order valence-electron chi connectivity index (χ0n) is 9.61. The lowest BCUT2D eigenvalue weighted by molar-refractivity contribution is -0.384. The second-order valence-electron chi connectivity index (χ2n) is 3.52. The molecule has 1 aromatic heterocycles. The number of benzene rings is 1. The van der Waals surface area contributed by atoms with Gasteiger partial charge in [0, 0.05) is 23.9 Å². The molecule has 0 aliphatic heterocycles. The number of nitro benzene ring substituents is 1. The molecule has 2 rings (SSSR count). The predicted molar refractivity (Wildman–Crippen MR) is 66.7 cm³/mol. The molecule has 2 N–H and O–H groups in total. The SMILES string of the molecule is O=C(NN=Cc1cccc([N+](=O)[O-])c1)c1ccn[nH]1. The van der Waals surface area contributed by atoms with E-state index >= 15 is 0 Å². The molecule has 1 heterocycles. The van der Waals surface area contributed by atoms with Crippen molar-refractivity contribution in [1.82, 2.24) is 15.6 Å². The Labute approximate surface area is 107 Å². The van der Waals surface area contributed by atoms with Crippen LogP contribution < -0.4 is 5.43 Å². The van der Waals surface area contributed by atoms with Crippen molar-refractivity contribution >= 4 is 17.8 Å². The monoisotopic (exact) mass is 259 g/mol. The Morgan fingerprint density at radius 1 is 1.47 bits per heavy atom. The van der Waals surface area contributed by atoms with Gasteiger partial charge in [-0.2, -0.15) is 10.2 Å². The number of rotatable bonds is 4. The number of nitrogens with zero attached hydrogens (tertiary/aromatic N) is 3. The maximum atomic E-state index is 11.5. The van der Waals surface area contributed by atoms with Crippen LogP contribution in [0.1, 0.15) is 16.1 Å². The third-order valence-corrected chi connectivity index (χ3v) is 2.21. The fourth-order valence-corrected chi connectivity index (χ4v) is 1.33. The second kappa shape index (κ2) is 5.54. The average Bonchev–Trinajstić information content (AvgIpc) is 2.93. The molecule has 2 aromatic rings. The van der Waals surface area contributed by atoms with E-state index < -0.39 is 10.8 Å². The highest BCUT2D eigenvalue weighted by molar-refractivity contribution is 5.93. The fourth-order valence-electron chi connectivity index (χ4n) is 1.33. The lowest BCUT2D eigenvalue weighted by atomic mass is 10.2. The summed E-state index contributed by atoms with van der Waals surface area (Å²) in [6, 6.07) is 7.40. The Hall–Kier alpha value is -3.03. The van der Waals surface area contributed by atoms with Crippen molar-refractivity contribution in [2.24, 2.45) is 5.10 Å². The van der Waals surface area contributed by atoms with Gasteiger partial charge in [-0.15, -0.1) is 0 Å². The Bertz CT molecular complexity index is 621. The minimum Gasteiger partial charge on any atom is -0.273 e. The van der Waals surface area contributed by atoms with E-state index in [2.05, 4.69) is 20.7 Å². The minimum atomic E-state index is -0.499. The zero-order chi connectivity index (χ0) is 13.7. The molecule has 0 saturated heterocycles. The van der Waals surface area contributed by atoms with E-state index in [1.54, 1.807) is 6.07 Å². The topological polar surface area (TPSA) is 113 Å². The van der Waals surface area contributed by atoms with Crippen LogP contribution in [0.2, 0.25) is 0 Å². The molecule has 0 unspecified atom stereocenters. The number of carbonyl (C=O) groups is 1. The Balaban J connectivity index is 2.01. The van der Waals surface area contributed by atoms with Gasteiger partial charge in [0.05, 0.1) is 11.1 Å². The van der Waals surface area contributed by atoms with Crippen LogP contribution in [0, 0.1) is 10.1 Å². The van der Waals surface area contributed by atoms with Crippen molar-refractivity contribution in [2.75, 3.05) is 0 Å². The van der Waals surface area contributed by atoms with Gasteiger partial charge in [0.25, 0.3) is 11.6 Å². The van der Waals surface area contributed by atoms with Crippen LogP contribution in [0.3, 0.4) is 0 Å². The standard InChI is InChI=1S/C11H9N5O3/c17-11(10-4-5-12-14-10)15-13-7-8-2-1-3-9(6-8)16(18)19/h1-7H,(H,12,14)(H,15,17). The van der Waals surface area contributed by atoms with Crippen LogP contribution in [-0.2, 0) is 0 Å².